The minimum atomic E-state index is -0.0625. The second-order valence-corrected chi connectivity index (χ2v) is 6.75. The Morgan fingerprint density at radius 2 is 1.84 bits per heavy atom. The average Bonchev–Trinajstić information content (AvgIpc) is 2.57. The highest BCUT2D eigenvalue weighted by atomic mass is 79.9. The van der Waals surface area contributed by atoms with Crippen LogP contribution >= 0.6 is 15.9 Å². The largest absolute Gasteiger partial charge is 0.493 e. The quantitative estimate of drug-likeness (QED) is 0.758. The van der Waals surface area contributed by atoms with Gasteiger partial charge >= 0.3 is 0 Å². The summed E-state index contributed by atoms with van der Waals surface area (Å²) in [4.78, 5) is 14.2. The van der Waals surface area contributed by atoms with Crippen molar-refractivity contribution in [3.63, 3.8) is 0 Å². The molecule has 0 aliphatic carbocycles. The van der Waals surface area contributed by atoms with E-state index in [4.69, 9.17) is 9.47 Å². The number of methoxy groups -OCH3 is 2. The van der Waals surface area contributed by atoms with Crippen LogP contribution in [0.2, 0.25) is 0 Å². The molecule has 25 heavy (non-hydrogen) atoms. The first-order valence-electron chi connectivity index (χ1n) is 7.88. The van der Waals surface area contributed by atoms with E-state index in [0.29, 0.717) is 18.0 Å². The first kappa shape index (κ1) is 19.3. The fourth-order valence-electron chi connectivity index (χ4n) is 2.50. The molecular weight excluding hydrogens is 384 g/mol. The van der Waals surface area contributed by atoms with Crippen LogP contribution in [-0.2, 0) is 11.3 Å². The molecule has 5 nitrogen and oxygen atoms in total. The third-order valence-electron chi connectivity index (χ3n) is 3.71. The third-order valence-corrected chi connectivity index (χ3v) is 4.37. The van der Waals surface area contributed by atoms with E-state index in [9.17, 15) is 4.79 Å². The Labute approximate surface area is 157 Å². The molecule has 0 spiro atoms. The summed E-state index contributed by atoms with van der Waals surface area (Å²) in [5.74, 6) is 1.31. The molecule has 0 saturated carbocycles. The summed E-state index contributed by atoms with van der Waals surface area (Å²) < 4.78 is 11.4. The standard InChI is InChI=1S/C19H23BrN2O3/c1-13-5-7-16(15(20)9-13)21-19(23)12-22(2)11-14-6-8-17(24-3)18(10-14)25-4/h5-10H,11-12H2,1-4H3,(H,21,23). The van der Waals surface area contributed by atoms with E-state index in [1.54, 1.807) is 14.2 Å². The Morgan fingerprint density at radius 3 is 2.48 bits per heavy atom. The van der Waals surface area contributed by atoms with Crippen molar-refractivity contribution in [2.75, 3.05) is 33.1 Å². The summed E-state index contributed by atoms with van der Waals surface area (Å²) in [6.07, 6.45) is 0. The van der Waals surface area contributed by atoms with Gasteiger partial charge in [-0.05, 0) is 65.3 Å². The highest BCUT2D eigenvalue weighted by Crippen LogP contribution is 2.28. The van der Waals surface area contributed by atoms with E-state index >= 15 is 0 Å². The topological polar surface area (TPSA) is 50.8 Å². The number of aryl methyl sites for hydroxylation is 1. The Morgan fingerprint density at radius 1 is 1.12 bits per heavy atom. The van der Waals surface area contributed by atoms with E-state index in [2.05, 4.69) is 21.2 Å². The second-order valence-electron chi connectivity index (χ2n) is 5.89. The number of ether oxygens (including phenoxy) is 2. The van der Waals surface area contributed by atoms with E-state index in [0.717, 1.165) is 21.3 Å². The molecule has 0 unspecified atom stereocenters. The molecule has 0 aliphatic rings. The summed E-state index contributed by atoms with van der Waals surface area (Å²) in [6.45, 7) is 2.92. The van der Waals surface area contributed by atoms with Gasteiger partial charge in [-0.25, -0.2) is 0 Å². The molecule has 0 bridgehead atoms. The molecule has 2 aromatic carbocycles. The van der Waals surface area contributed by atoms with Crippen LogP contribution < -0.4 is 14.8 Å². The maximum absolute atomic E-state index is 12.3. The lowest BCUT2D eigenvalue weighted by atomic mass is 10.2. The van der Waals surface area contributed by atoms with Gasteiger partial charge in [0.2, 0.25) is 5.91 Å². The van der Waals surface area contributed by atoms with Crippen LogP contribution in [-0.4, -0.2) is 38.6 Å². The molecule has 6 heteroatoms. The van der Waals surface area contributed by atoms with E-state index in [1.165, 1.54) is 0 Å². The molecule has 0 saturated heterocycles. The number of carbonyl (C=O) groups is 1. The Hall–Kier alpha value is -2.05. The van der Waals surface area contributed by atoms with Gasteiger partial charge in [0, 0.05) is 11.0 Å². The van der Waals surface area contributed by atoms with Crippen molar-refractivity contribution in [2.24, 2.45) is 0 Å². The predicted octanol–water partition coefficient (Wildman–Crippen LogP) is 3.85. The van der Waals surface area contributed by atoms with Crippen LogP contribution in [0.1, 0.15) is 11.1 Å². The summed E-state index contributed by atoms with van der Waals surface area (Å²) >= 11 is 3.47. The zero-order chi connectivity index (χ0) is 18.4. The minimum Gasteiger partial charge on any atom is -0.493 e. The first-order valence-corrected chi connectivity index (χ1v) is 8.67. The lowest BCUT2D eigenvalue weighted by Gasteiger charge is -2.18. The molecule has 1 N–H and O–H groups in total. The normalized spacial score (nSPS) is 10.6. The molecule has 0 radical (unpaired) electrons. The summed E-state index contributed by atoms with van der Waals surface area (Å²) in [6, 6.07) is 11.6. The van der Waals surface area contributed by atoms with Crippen molar-refractivity contribution in [1.82, 2.24) is 4.90 Å². The van der Waals surface area contributed by atoms with Crippen LogP contribution in [0.5, 0.6) is 11.5 Å². The zero-order valence-electron chi connectivity index (χ0n) is 14.9. The Kier molecular flexibility index (Phi) is 6.84. The maximum Gasteiger partial charge on any atom is 0.238 e. The van der Waals surface area contributed by atoms with Gasteiger partial charge in [0.15, 0.2) is 11.5 Å². The number of anilines is 1. The highest BCUT2D eigenvalue weighted by Gasteiger charge is 2.11. The van der Waals surface area contributed by atoms with Gasteiger partial charge in [-0.2, -0.15) is 0 Å². The van der Waals surface area contributed by atoms with Gasteiger partial charge < -0.3 is 14.8 Å². The number of amides is 1. The van der Waals surface area contributed by atoms with Crippen molar-refractivity contribution < 1.29 is 14.3 Å². The van der Waals surface area contributed by atoms with Gasteiger partial charge in [-0.1, -0.05) is 12.1 Å². The predicted molar refractivity (Wildman–Crippen MR) is 103 cm³/mol. The maximum atomic E-state index is 12.3. The van der Waals surface area contributed by atoms with Crippen LogP contribution in [0.25, 0.3) is 0 Å². The van der Waals surface area contributed by atoms with E-state index in [1.807, 2.05) is 55.3 Å². The molecular formula is C19H23BrN2O3. The van der Waals surface area contributed by atoms with Gasteiger partial charge in [0.25, 0.3) is 0 Å². The lowest BCUT2D eigenvalue weighted by molar-refractivity contribution is -0.117. The molecule has 2 aromatic rings. The number of likely N-dealkylation sites (N-methyl/N-ethyl adjacent to an activating group) is 1. The van der Waals surface area contributed by atoms with Gasteiger partial charge in [-0.15, -0.1) is 0 Å². The number of halogens is 1. The van der Waals surface area contributed by atoms with Gasteiger partial charge in [-0.3, -0.25) is 9.69 Å². The monoisotopic (exact) mass is 406 g/mol. The molecule has 0 aromatic heterocycles. The van der Waals surface area contributed by atoms with Gasteiger partial charge in [0.05, 0.1) is 26.5 Å². The van der Waals surface area contributed by atoms with Crippen molar-refractivity contribution in [1.29, 1.82) is 0 Å². The van der Waals surface area contributed by atoms with Crippen LogP contribution in [0.3, 0.4) is 0 Å². The number of hydrogen-bond donors (Lipinski definition) is 1. The lowest BCUT2D eigenvalue weighted by Crippen LogP contribution is -2.29. The number of carbonyl (C=O) groups excluding carboxylic acids is 1. The minimum absolute atomic E-state index is 0.0625. The SMILES string of the molecule is COc1ccc(CN(C)CC(=O)Nc2ccc(C)cc2Br)cc1OC. The Bertz CT molecular complexity index is 749. The van der Waals surface area contributed by atoms with Crippen molar-refractivity contribution in [3.05, 3.63) is 52.0 Å². The number of hydrogen-bond acceptors (Lipinski definition) is 4. The van der Waals surface area contributed by atoms with Crippen molar-refractivity contribution in [2.45, 2.75) is 13.5 Å². The fraction of sp³-hybridized carbons (Fsp3) is 0.316. The number of benzene rings is 2. The average molecular weight is 407 g/mol. The molecule has 0 atom stereocenters. The van der Waals surface area contributed by atoms with Crippen LogP contribution in [0.15, 0.2) is 40.9 Å². The summed E-state index contributed by atoms with van der Waals surface area (Å²) in [7, 11) is 5.12. The molecule has 0 heterocycles. The highest BCUT2D eigenvalue weighted by molar-refractivity contribution is 9.10. The summed E-state index contributed by atoms with van der Waals surface area (Å²) in [5.41, 5.74) is 2.95. The zero-order valence-corrected chi connectivity index (χ0v) is 16.5. The van der Waals surface area contributed by atoms with Crippen LogP contribution in [0.4, 0.5) is 5.69 Å². The molecule has 2 rings (SSSR count). The molecule has 1 amide bonds. The van der Waals surface area contributed by atoms with E-state index in [-0.39, 0.29) is 12.5 Å². The molecule has 0 aliphatic heterocycles. The molecule has 134 valence electrons. The second kappa shape index (κ2) is 8.87. The smallest absolute Gasteiger partial charge is 0.238 e. The third kappa shape index (κ3) is 5.47. The number of rotatable bonds is 7. The number of nitrogens with one attached hydrogen (secondary N) is 1. The first-order chi connectivity index (χ1) is 11.9. The van der Waals surface area contributed by atoms with Crippen molar-refractivity contribution >= 4 is 27.5 Å². The van der Waals surface area contributed by atoms with Crippen LogP contribution in [0, 0.1) is 6.92 Å². The van der Waals surface area contributed by atoms with Crippen molar-refractivity contribution in [3.8, 4) is 11.5 Å². The van der Waals surface area contributed by atoms with E-state index < -0.39 is 0 Å². The fourth-order valence-corrected chi connectivity index (χ4v) is 3.10. The summed E-state index contributed by atoms with van der Waals surface area (Å²) in [5, 5.41) is 2.92. The molecule has 0 fully saturated rings. The Balaban J connectivity index is 1.95. The van der Waals surface area contributed by atoms with Gasteiger partial charge in [0.1, 0.15) is 0 Å². The number of nitrogens with zero attached hydrogens (tertiary/aromatic N) is 1.